The first kappa shape index (κ1) is 15.8. The third-order valence-corrected chi connectivity index (χ3v) is 3.37. The van der Waals surface area contributed by atoms with Crippen LogP contribution in [0.5, 0.6) is 0 Å². The molecular weight excluding hydrogens is 288 g/mol. The number of hydrogen-bond acceptors (Lipinski definition) is 5. The van der Waals surface area contributed by atoms with Crippen molar-refractivity contribution in [2.24, 2.45) is 0 Å². The molecule has 0 aliphatic rings. The molecule has 2 rings (SSSR count). The number of nitrogens with zero attached hydrogens (tertiary/aromatic N) is 3. The summed E-state index contributed by atoms with van der Waals surface area (Å²) in [5.41, 5.74) is 1.10. The average molecular weight is 309 g/mol. The summed E-state index contributed by atoms with van der Waals surface area (Å²) in [5.74, 6) is 0.608. The summed E-state index contributed by atoms with van der Waals surface area (Å²) >= 11 is 5.99. The predicted molar refractivity (Wildman–Crippen MR) is 84.6 cm³/mol. The zero-order valence-corrected chi connectivity index (χ0v) is 13.4. The lowest BCUT2D eigenvalue weighted by atomic mass is 10.2. The van der Waals surface area contributed by atoms with Crippen LogP contribution in [0.15, 0.2) is 28.7 Å². The normalized spacial score (nSPS) is 12.4. The van der Waals surface area contributed by atoms with Crippen LogP contribution in [-0.2, 0) is 6.54 Å². The molecule has 1 N–H and O–H groups in total. The predicted octanol–water partition coefficient (Wildman–Crippen LogP) is 3.42. The summed E-state index contributed by atoms with van der Waals surface area (Å²) in [6, 6.07) is 8.31. The van der Waals surface area contributed by atoms with Crippen molar-refractivity contribution >= 4 is 17.6 Å². The van der Waals surface area contributed by atoms with Crippen LogP contribution in [0.2, 0.25) is 5.02 Å². The second-order valence-corrected chi connectivity index (χ2v) is 5.52. The van der Waals surface area contributed by atoms with Gasteiger partial charge in [0.05, 0.1) is 6.04 Å². The molecule has 0 aliphatic heterocycles. The van der Waals surface area contributed by atoms with Gasteiger partial charge in [-0.3, -0.25) is 0 Å². The van der Waals surface area contributed by atoms with Crippen LogP contribution in [0.4, 0.5) is 6.01 Å². The Morgan fingerprint density at radius 3 is 2.90 bits per heavy atom. The number of benzene rings is 1. The summed E-state index contributed by atoms with van der Waals surface area (Å²) in [5, 5.41) is 12.3. The van der Waals surface area contributed by atoms with Crippen LogP contribution in [-0.4, -0.2) is 23.8 Å². The number of halogens is 1. The van der Waals surface area contributed by atoms with E-state index in [-0.39, 0.29) is 6.04 Å². The van der Waals surface area contributed by atoms with Crippen molar-refractivity contribution < 1.29 is 4.42 Å². The standard InChI is InChI=1S/C15H21ClN4O/c1-4-8-17-11(2)14-18-19-15(21-14)20(3)10-12-6-5-7-13(16)9-12/h5-7,9,11,17H,4,8,10H2,1-3H3. The molecule has 0 bridgehead atoms. The summed E-state index contributed by atoms with van der Waals surface area (Å²) < 4.78 is 5.71. The van der Waals surface area contributed by atoms with Crippen molar-refractivity contribution in [3.05, 3.63) is 40.7 Å². The molecule has 0 radical (unpaired) electrons. The van der Waals surface area contributed by atoms with Crippen molar-refractivity contribution in [3.63, 3.8) is 0 Å². The summed E-state index contributed by atoms with van der Waals surface area (Å²) in [6.45, 7) is 5.73. The van der Waals surface area contributed by atoms with Crippen molar-refractivity contribution in [3.8, 4) is 0 Å². The van der Waals surface area contributed by atoms with E-state index in [1.165, 1.54) is 0 Å². The lowest BCUT2D eigenvalue weighted by Crippen LogP contribution is -2.19. The van der Waals surface area contributed by atoms with E-state index in [1.54, 1.807) is 0 Å². The number of nitrogens with one attached hydrogen (secondary N) is 1. The fourth-order valence-corrected chi connectivity index (χ4v) is 2.19. The van der Waals surface area contributed by atoms with Crippen LogP contribution >= 0.6 is 11.6 Å². The van der Waals surface area contributed by atoms with E-state index in [0.29, 0.717) is 18.5 Å². The van der Waals surface area contributed by atoms with Gasteiger partial charge in [0.1, 0.15) is 0 Å². The van der Waals surface area contributed by atoms with Crippen LogP contribution in [0.1, 0.15) is 37.8 Å². The molecule has 0 saturated heterocycles. The largest absolute Gasteiger partial charge is 0.406 e. The molecule has 1 aromatic carbocycles. The minimum atomic E-state index is 0.0609. The van der Waals surface area contributed by atoms with Crippen LogP contribution in [0, 0.1) is 0 Å². The summed E-state index contributed by atoms with van der Waals surface area (Å²) in [4.78, 5) is 1.91. The van der Waals surface area contributed by atoms with Crippen molar-refractivity contribution in [1.82, 2.24) is 15.5 Å². The van der Waals surface area contributed by atoms with Gasteiger partial charge in [0, 0.05) is 18.6 Å². The van der Waals surface area contributed by atoms with Gasteiger partial charge in [-0.25, -0.2) is 0 Å². The molecule has 21 heavy (non-hydrogen) atoms. The third-order valence-electron chi connectivity index (χ3n) is 3.14. The first-order chi connectivity index (χ1) is 10.1. The SMILES string of the molecule is CCCNC(C)c1nnc(N(C)Cc2cccc(Cl)c2)o1. The molecule has 1 heterocycles. The lowest BCUT2D eigenvalue weighted by molar-refractivity contribution is 0.416. The molecule has 0 fully saturated rings. The molecule has 6 heteroatoms. The fraction of sp³-hybridized carbons (Fsp3) is 0.467. The van der Waals surface area contributed by atoms with E-state index < -0.39 is 0 Å². The highest BCUT2D eigenvalue weighted by atomic mass is 35.5. The molecule has 0 saturated carbocycles. The van der Waals surface area contributed by atoms with Gasteiger partial charge >= 0.3 is 6.01 Å². The average Bonchev–Trinajstić information content (AvgIpc) is 2.94. The number of aromatic nitrogens is 2. The lowest BCUT2D eigenvalue weighted by Gasteiger charge is -2.14. The second-order valence-electron chi connectivity index (χ2n) is 5.08. The Morgan fingerprint density at radius 1 is 1.38 bits per heavy atom. The molecule has 0 amide bonds. The maximum Gasteiger partial charge on any atom is 0.318 e. The Labute approximate surface area is 130 Å². The molecule has 0 aliphatic carbocycles. The van der Waals surface area contributed by atoms with Gasteiger partial charge in [0.2, 0.25) is 5.89 Å². The molecule has 114 valence electrons. The van der Waals surface area contributed by atoms with Gasteiger partial charge in [-0.15, -0.1) is 5.10 Å². The number of rotatable bonds is 7. The Bertz CT molecular complexity index is 572. The van der Waals surface area contributed by atoms with Crippen LogP contribution < -0.4 is 10.2 Å². The van der Waals surface area contributed by atoms with Gasteiger partial charge in [-0.2, -0.15) is 0 Å². The van der Waals surface area contributed by atoms with Crippen molar-refractivity contribution in [1.29, 1.82) is 0 Å². The zero-order chi connectivity index (χ0) is 15.2. The Morgan fingerprint density at radius 2 is 2.19 bits per heavy atom. The fourth-order valence-electron chi connectivity index (χ4n) is 1.98. The third kappa shape index (κ3) is 4.44. The topological polar surface area (TPSA) is 54.2 Å². The molecule has 1 atom stereocenters. The van der Waals surface area contributed by atoms with Gasteiger partial charge < -0.3 is 14.6 Å². The van der Waals surface area contributed by atoms with E-state index in [2.05, 4.69) is 22.4 Å². The summed E-state index contributed by atoms with van der Waals surface area (Å²) in [7, 11) is 1.92. The maximum absolute atomic E-state index is 5.99. The summed E-state index contributed by atoms with van der Waals surface area (Å²) in [6.07, 6.45) is 1.07. The minimum absolute atomic E-state index is 0.0609. The van der Waals surface area contributed by atoms with Crippen molar-refractivity contribution in [2.75, 3.05) is 18.5 Å². The minimum Gasteiger partial charge on any atom is -0.406 e. The highest BCUT2D eigenvalue weighted by Crippen LogP contribution is 2.19. The van der Waals surface area contributed by atoms with E-state index in [1.807, 2.05) is 43.1 Å². The molecule has 0 spiro atoms. The van der Waals surface area contributed by atoms with E-state index in [9.17, 15) is 0 Å². The number of anilines is 1. The second kappa shape index (κ2) is 7.43. The van der Waals surface area contributed by atoms with Gasteiger partial charge in [-0.05, 0) is 37.6 Å². The Kier molecular flexibility index (Phi) is 5.59. The highest BCUT2D eigenvalue weighted by Gasteiger charge is 2.15. The van der Waals surface area contributed by atoms with E-state index >= 15 is 0 Å². The quantitative estimate of drug-likeness (QED) is 0.849. The molecule has 1 unspecified atom stereocenters. The highest BCUT2D eigenvalue weighted by molar-refractivity contribution is 6.30. The van der Waals surface area contributed by atoms with Gasteiger partial charge in [-0.1, -0.05) is 35.8 Å². The molecule has 2 aromatic rings. The zero-order valence-electron chi connectivity index (χ0n) is 12.6. The monoisotopic (exact) mass is 308 g/mol. The Balaban J connectivity index is 2.00. The maximum atomic E-state index is 5.99. The van der Waals surface area contributed by atoms with Crippen LogP contribution in [0.3, 0.4) is 0 Å². The Hall–Kier alpha value is -1.59. The van der Waals surface area contributed by atoms with Gasteiger partial charge in [0.15, 0.2) is 0 Å². The van der Waals surface area contributed by atoms with Crippen molar-refractivity contribution in [2.45, 2.75) is 32.9 Å². The van der Waals surface area contributed by atoms with E-state index in [0.717, 1.165) is 23.6 Å². The smallest absolute Gasteiger partial charge is 0.318 e. The molecular formula is C15H21ClN4O. The van der Waals surface area contributed by atoms with Gasteiger partial charge in [0.25, 0.3) is 0 Å². The molecule has 1 aromatic heterocycles. The van der Waals surface area contributed by atoms with E-state index in [4.69, 9.17) is 16.0 Å². The number of hydrogen-bond donors (Lipinski definition) is 1. The first-order valence-corrected chi connectivity index (χ1v) is 7.50. The molecule has 5 nitrogen and oxygen atoms in total. The van der Waals surface area contributed by atoms with Crippen LogP contribution in [0.25, 0.3) is 0 Å². The first-order valence-electron chi connectivity index (χ1n) is 7.12.